The van der Waals surface area contributed by atoms with Gasteiger partial charge in [-0.3, -0.25) is 0 Å². The lowest BCUT2D eigenvalue weighted by molar-refractivity contribution is 0.177. The van der Waals surface area contributed by atoms with Crippen LogP contribution in [0.1, 0.15) is 24.5 Å². The van der Waals surface area contributed by atoms with E-state index in [0.29, 0.717) is 18.2 Å². The largest absolute Gasteiger partial charge is 0.493 e. The van der Waals surface area contributed by atoms with Crippen molar-refractivity contribution in [3.63, 3.8) is 0 Å². The van der Waals surface area contributed by atoms with Gasteiger partial charge in [-0.05, 0) is 59.4 Å². The first kappa shape index (κ1) is 14.6. The van der Waals surface area contributed by atoms with Crippen LogP contribution in [0.25, 0.3) is 0 Å². The molecule has 106 valence electrons. The van der Waals surface area contributed by atoms with Crippen LogP contribution in [0.15, 0.2) is 16.6 Å². The standard InChI is InChI=1S/C14H20BrNO3/c1-16-7-12(17)10-5-11(15)14(13(6-10)18-2)19-8-9-3-4-9/h5-6,9,12,16-17H,3-4,7-8H2,1-2H3. The van der Waals surface area contributed by atoms with Crippen molar-refractivity contribution in [1.82, 2.24) is 5.32 Å². The van der Waals surface area contributed by atoms with Crippen LogP contribution in [0.5, 0.6) is 11.5 Å². The second kappa shape index (κ2) is 6.59. The van der Waals surface area contributed by atoms with Crippen LogP contribution >= 0.6 is 15.9 Å². The molecule has 1 saturated carbocycles. The lowest BCUT2D eigenvalue weighted by Gasteiger charge is -2.16. The van der Waals surface area contributed by atoms with Gasteiger partial charge < -0.3 is 19.9 Å². The lowest BCUT2D eigenvalue weighted by Crippen LogP contribution is -2.16. The molecule has 5 heteroatoms. The Bertz CT molecular complexity index is 435. The van der Waals surface area contributed by atoms with E-state index in [4.69, 9.17) is 9.47 Å². The highest BCUT2D eigenvalue weighted by Gasteiger charge is 2.23. The molecule has 1 aliphatic rings. The predicted octanol–water partition coefficient (Wildman–Crippen LogP) is 2.50. The Morgan fingerprint density at radius 3 is 2.79 bits per heavy atom. The number of methoxy groups -OCH3 is 1. The number of hydrogen-bond donors (Lipinski definition) is 2. The minimum absolute atomic E-state index is 0.498. The van der Waals surface area contributed by atoms with Crippen molar-refractivity contribution >= 4 is 15.9 Å². The molecule has 2 N–H and O–H groups in total. The van der Waals surface area contributed by atoms with E-state index in [9.17, 15) is 5.11 Å². The van der Waals surface area contributed by atoms with Crippen LogP contribution < -0.4 is 14.8 Å². The second-order valence-electron chi connectivity index (χ2n) is 4.86. The lowest BCUT2D eigenvalue weighted by atomic mass is 10.1. The summed E-state index contributed by atoms with van der Waals surface area (Å²) in [7, 11) is 3.42. The molecular weight excluding hydrogens is 310 g/mol. The van der Waals surface area contributed by atoms with E-state index in [2.05, 4.69) is 21.2 Å². The number of benzene rings is 1. The Kier molecular flexibility index (Phi) is 5.07. The second-order valence-corrected chi connectivity index (χ2v) is 5.72. The summed E-state index contributed by atoms with van der Waals surface area (Å²) in [5, 5.41) is 13.0. The van der Waals surface area contributed by atoms with E-state index in [1.165, 1.54) is 12.8 Å². The highest BCUT2D eigenvalue weighted by molar-refractivity contribution is 9.10. The smallest absolute Gasteiger partial charge is 0.175 e. The summed E-state index contributed by atoms with van der Waals surface area (Å²) in [6.07, 6.45) is 1.94. The topological polar surface area (TPSA) is 50.7 Å². The zero-order chi connectivity index (χ0) is 13.8. The maximum atomic E-state index is 10.0. The van der Waals surface area contributed by atoms with E-state index in [0.717, 1.165) is 22.4 Å². The van der Waals surface area contributed by atoms with Crippen molar-refractivity contribution in [1.29, 1.82) is 0 Å². The van der Waals surface area contributed by atoms with Gasteiger partial charge in [0.1, 0.15) is 0 Å². The molecule has 1 aliphatic carbocycles. The van der Waals surface area contributed by atoms with E-state index in [1.807, 2.05) is 19.2 Å². The van der Waals surface area contributed by atoms with Gasteiger partial charge >= 0.3 is 0 Å². The molecule has 0 spiro atoms. The van der Waals surface area contributed by atoms with Crippen LogP contribution in [-0.2, 0) is 0 Å². The number of nitrogens with one attached hydrogen (secondary N) is 1. The van der Waals surface area contributed by atoms with E-state index < -0.39 is 6.10 Å². The molecule has 1 unspecified atom stereocenters. The zero-order valence-corrected chi connectivity index (χ0v) is 12.9. The molecule has 0 saturated heterocycles. The van der Waals surface area contributed by atoms with E-state index >= 15 is 0 Å². The van der Waals surface area contributed by atoms with Crippen molar-refractivity contribution in [2.45, 2.75) is 18.9 Å². The Balaban J connectivity index is 2.17. The number of halogens is 1. The van der Waals surface area contributed by atoms with Crippen molar-refractivity contribution in [3.8, 4) is 11.5 Å². The molecule has 0 heterocycles. The van der Waals surface area contributed by atoms with Crippen molar-refractivity contribution in [2.24, 2.45) is 5.92 Å². The summed E-state index contributed by atoms with van der Waals surface area (Å²) in [5.74, 6) is 2.06. The first-order chi connectivity index (χ1) is 9.15. The molecule has 19 heavy (non-hydrogen) atoms. The number of aliphatic hydroxyl groups excluding tert-OH is 1. The number of aliphatic hydroxyl groups is 1. The van der Waals surface area contributed by atoms with Crippen molar-refractivity contribution in [3.05, 3.63) is 22.2 Å². The molecule has 1 aromatic carbocycles. The summed E-state index contributed by atoms with van der Waals surface area (Å²) in [6.45, 7) is 1.23. The third-order valence-electron chi connectivity index (χ3n) is 3.19. The average molecular weight is 330 g/mol. The number of rotatable bonds is 7. The molecule has 0 amide bonds. The van der Waals surface area contributed by atoms with Crippen LogP contribution in [0, 0.1) is 5.92 Å². The fourth-order valence-corrected chi connectivity index (χ4v) is 2.44. The van der Waals surface area contributed by atoms with Crippen LogP contribution in [0.3, 0.4) is 0 Å². The maximum Gasteiger partial charge on any atom is 0.175 e. The summed E-state index contributed by atoms with van der Waals surface area (Å²) in [4.78, 5) is 0. The van der Waals surface area contributed by atoms with Crippen LogP contribution in [0.4, 0.5) is 0 Å². The minimum Gasteiger partial charge on any atom is -0.493 e. The maximum absolute atomic E-state index is 10.0. The van der Waals surface area contributed by atoms with Crippen molar-refractivity contribution in [2.75, 3.05) is 27.3 Å². The summed E-state index contributed by atoms with van der Waals surface area (Å²) in [5.41, 5.74) is 0.803. The normalized spacial score (nSPS) is 16.2. The van der Waals surface area contributed by atoms with Gasteiger partial charge in [-0.2, -0.15) is 0 Å². The fourth-order valence-electron chi connectivity index (χ4n) is 1.87. The highest BCUT2D eigenvalue weighted by Crippen LogP contribution is 2.39. The quantitative estimate of drug-likeness (QED) is 0.807. The van der Waals surface area contributed by atoms with Gasteiger partial charge in [0.15, 0.2) is 11.5 Å². The fraction of sp³-hybridized carbons (Fsp3) is 0.571. The summed E-state index contributed by atoms with van der Waals surface area (Å²) in [6, 6.07) is 3.71. The molecule has 0 aliphatic heterocycles. The molecule has 1 atom stereocenters. The third kappa shape index (κ3) is 3.84. The first-order valence-electron chi connectivity index (χ1n) is 6.48. The van der Waals surface area contributed by atoms with Gasteiger partial charge in [0.2, 0.25) is 0 Å². The molecule has 4 nitrogen and oxygen atoms in total. The molecular formula is C14H20BrNO3. The monoisotopic (exact) mass is 329 g/mol. The Morgan fingerprint density at radius 2 is 2.21 bits per heavy atom. The van der Waals surface area contributed by atoms with Gasteiger partial charge in [0.05, 0.1) is 24.3 Å². The summed E-state index contributed by atoms with van der Waals surface area (Å²) < 4.78 is 12.0. The van der Waals surface area contributed by atoms with Crippen molar-refractivity contribution < 1.29 is 14.6 Å². The molecule has 1 fully saturated rings. The highest BCUT2D eigenvalue weighted by atomic mass is 79.9. The summed E-state index contributed by atoms with van der Waals surface area (Å²) >= 11 is 3.49. The number of hydrogen-bond acceptors (Lipinski definition) is 4. The Hall–Kier alpha value is -0.780. The van der Waals surface area contributed by atoms with Gasteiger partial charge in [-0.25, -0.2) is 0 Å². The molecule has 0 aromatic heterocycles. The predicted molar refractivity (Wildman–Crippen MR) is 77.8 cm³/mol. The first-order valence-corrected chi connectivity index (χ1v) is 7.28. The minimum atomic E-state index is -0.562. The SMILES string of the molecule is CNCC(O)c1cc(Br)c(OCC2CC2)c(OC)c1. The van der Waals surface area contributed by atoms with E-state index in [-0.39, 0.29) is 0 Å². The van der Waals surface area contributed by atoms with Gasteiger partial charge in [0.25, 0.3) is 0 Å². The zero-order valence-electron chi connectivity index (χ0n) is 11.3. The molecule has 0 radical (unpaired) electrons. The molecule has 0 bridgehead atoms. The molecule has 2 rings (SSSR count). The molecule has 1 aromatic rings. The van der Waals surface area contributed by atoms with Gasteiger partial charge in [-0.1, -0.05) is 0 Å². The van der Waals surface area contributed by atoms with E-state index in [1.54, 1.807) is 7.11 Å². The van der Waals surface area contributed by atoms with Gasteiger partial charge in [-0.15, -0.1) is 0 Å². The number of likely N-dealkylation sites (N-methyl/N-ethyl adjacent to an activating group) is 1. The number of ether oxygens (including phenoxy) is 2. The van der Waals surface area contributed by atoms with Crippen LogP contribution in [0.2, 0.25) is 0 Å². The average Bonchev–Trinajstić information content (AvgIpc) is 3.20. The van der Waals surface area contributed by atoms with Crippen LogP contribution in [-0.4, -0.2) is 32.4 Å². The Labute approximate surface area is 122 Å². The third-order valence-corrected chi connectivity index (χ3v) is 3.78. The Morgan fingerprint density at radius 1 is 1.47 bits per heavy atom. The van der Waals surface area contributed by atoms with Gasteiger partial charge in [0, 0.05) is 6.54 Å².